The van der Waals surface area contributed by atoms with Crippen molar-refractivity contribution in [2.24, 2.45) is 7.05 Å². The lowest BCUT2D eigenvalue weighted by Crippen LogP contribution is -2.43. The van der Waals surface area contributed by atoms with Crippen LogP contribution < -0.4 is 5.32 Å². The van der Waals surface area contributed by atoms with E-state index in [-0.39, 0.29) is 5.75 Å². The van der Waals surface area contributed by atoms with Crippen LogP contribution in [0.25, 0.3) is 22.2 Å². The molecule has 0 spiro atoms. The van der Waals surface area contributed by atoms with Crippen LogP contribution in [0, 0.1) is 11.3 Å². The molecule has 7 nitrogen and oxygen atoms in total. The fraction of sp³-hybridized carbons (Fsp3) is 0.409. The molecule has 0 unspecified atom stereocenters. The van der Waals surface area contributed by atoms with Crippen molar-refractivity contribution < 1.29 is 5.11 Å². The number of phenols is 1. The molecule has 1 aromatic carbocycles. The van der Waals surface area contributed by atoms with Gasteiger partial charge in [0.05, 0.1) is 17.1 Å². The first kappa shape index (κ1) is 18.0. The maximum Gasteiger partial charge on any atom is 0.173 e. The quantitative estimate of drug-likeness (QED) is 0.713. The average Bonchev–Trinajstić information content (AvgIpc) is 3.51. The number of nitrogens with zero attached hydrogens (tertiary/aromatic N) is 5. The highest BCUT2D eigenvalue weighted by atomic mass is 16.3. The Balaban J connectivity index is 1.50. The SMILES string of the molecule is Cn1ccc2c(-c3ccc(C#N)cc3O)nnc(N[C@@H]3CCCN(C4CC4)C3)c21. The maximum atomic E-state index is 10.4. The molecule has 3 aromatic rings. The number of piperidine rings is 1. The van der Waals surface area contributed by atoms with Crippen LogP contribution in [0.5, 0.6) is 5.75 Å². The van der Waals surface area contributed by atoms with Gasteiger partial charge >= 0.3 is 0 Å². The zero-order valence-electron chi connectivity index (χ0n) is 16.5. The number of anilines is 1. The van der Waals surface area contributed by atoms with Crippen LogP contribution in [0.2, 0.25) is 0 Å². The number of nitrogens with one attached hydrogen (secondary N) is 1. The van der Waals surface area contributed by atoms with Crippen LogP contribution in [0.1, 0.15) is 31.2 Å². The van der Waals surface area contributed by atoms with Crippen molar-refractivity contribution in [1.29, 1.82) is 5.26 Å². The summed E-state index contributed by atoms with van der Waals surface area (Å²) in [5.41, 5.74) is 2.59. The molecular weight excluding hydrogens is 364 g/mol. The van der Waals surface area contributed by atoms with Gasteiger partial charge in [-0.05, 0) is 56.5 Å². The van der Waals surface area contributed by atoms with Crippen LogP contribution >= 0.6 is 0 Å². The van der Waals surface area contributed by atoms with E-state index in [9.17, 15) is 5.11 Å². The van der Waals surface area contributed by atoms with Gasteiger partial charge in [0.25, 0.3) is 0 Å². The third kappa shape index (κ3) is 3.30. The maximum absolute atomic E-state index is 10.4. The largest absolute Gasteiger partial charge is 0.507 e. The van der Waals surface area contributed by atoms with Gasteiger partial charge in [-0.1, -0.05) is 0 Å². The molecule has 0 radical (unpaired) electrons. The predicted octanol–water partition coefficient (Wildman–Crippen LogP) is 3.25. The summed E-state index contributed by atoms with van der Waals surface area (Å²) in [5, 5.41) is 33.0. The summed E-state index contributed by atoms with van der Waals surface area (Å²) in [7, 11) is 2.00. The topological polar surface area (TPSA) is 90.0 Å². The molecule has 1 saturated heterocycles. The minimum absolute atomic E-state index is 0.0385. The lowest BCUT2D eigenvalue weighted by molar-refractivity contribution is 0.207. The van der Waals surface area contributed by atoms with Crippen molar-refractivity contribution in [3.8, 4) is 23.1 Å². The summed E-state index contributed by atoms with van der Waals surface area (Å²) >= 11 is 0. The van der Waals surface area contributed by atoms with Crippen molar-refractivity contribution in [1.82, 2.24) is 19.7 Å². The molecule has 5 rings (SSSR count). The van der Waals surface area contributed by atoms with Gasteiger partial charge in [-0.2, -0.15) is 5.26 Å². The number of aromatic hydroxyl groups is 1. The van der Waals surface area contributed by atoms with E-state index in [0.717, 1.165) is 35.7 Å². The molecule has 1 aliphatic heterocycles. The highest BCUT2D eigenvalue weighted by Gasteiger charge is 2.33. The summed E-state index contributed by atoms with van der Waals surface area (Å²) < 4.78 is 2.04. The summed E-state index contributed by atoms with van der Waals surface area (Å²) in [6, 6.07) is 10.1. The molecule has 2 aromatic heterocycles. The van der Waals surface area contributed by atoms with Gasteiger partial charge in [-0.15, -0.1) is 10.2 Å². The second-order valence-corrected chi connectivity index (χ2v) is 8.14. The van der Waals surface area contributed by atoms with Gasteiger partial charge in [-0.3, -0.25) is 4.90 Å². The second kappa shape index (κ2) is 7.05. The van der Waals surface area contributed by atoms with Gasteiger partial charge in [0.1, 0.15) is 11.4 Å². The third-order valence-corrected chi connectivity index (χ3v) is 6.04. The number of rotatable bonds is 4. The third-order valence-electron chi connectivity index (χ3n) is 6.04. The minimum atomic E-state index is 0.0385. The number of aryl methyl sites for hydroxylation is 1. The Kier molecular flexibility index (Phi) is 4.36. The van der Waals surface area contributed by atoms with Crippen molar-refractivity contribution >= 4 is 16.7 Å². The van der Waals surface area contributed by atoms with E-state index in [4.69, 9.17) is 5.26 Å². The molecule has 7 heteroatoms. The number of likely N-dealkylation sites (tertiary alicyclic amines) is 1. The van der Waals surface area contributed by atoms with Crippen LogP contribution in [-0.2, 0) is 7.05 Å². The van der Waals surface area contributed by atoms with Crippen molar-refractivity contribution in [2.75, 3.05) is 18.4 Å². The van der Waals surface area contributed by atoms with Crippen LogP contribution in [-0.4, -0.2) is 49.9 Å². The predicted molar refractivity (Wildman–Crippen MR) is 112 cm³/mol. The number of aromatic nitrogens is 3. The van der Waals surface area contributed by atoms with E-state index in [1.54, 1.807) is 12.1 Å². The molecule has 2 fully saturated rings. The normalized spacial score (nSPS) is 19.9. The van der Waals surface area contributed by atoms with Crippen LogP contribution in [0.15, 0.2) is 30.5 Å². The highest BCUT2D eigenvalue weighted by Crippen LogP contribution is 2.36. The molecule has 2 aliphatic rings. The van der Waals surface area contributed by atoms with Crippen molar-refractivity contribution in [3.05, 3.63) is 36.0 Å². The van der Waals surface area contributed by atoms with Crippen LogP contribution in [0.4, 0.5) is 5.82 Å². The molecular formula is C22H24N6O. The van der Waals surface area contributed by atoms with Crippen molar-refractivity contribution in [3.63, 3.8) is 0 Å². The molecule has 1 atom stereocenters. The number of phenolic OH excluding ortho intramolecular Hbond substituents is 1. The van der Waals surface area contributed by atoms with E-state index in [1.165, 1.54) is 31.9 Å². The summed E-state index contributed by atoms with van der Waals surface area (Å²) in [6.07, 6.45) is 6.99. The molecule has 1 aliphatic carbocycles. The molecule has 1 saturated carbocycles. The molecule has 3 heterocycles. The zero-order valence-corrected chi connectivity index (χ0v) is 16.5. The molecule has 0 bridgehead atoms. The molecule has 2 N–H and O–H groups in total. The van der Waals surface area contributed by atoms with Gasteiger partial charge in [-0.25, -0.2) is 0 Å². The van der Waals surface area contributed by atoms with Gasteiger partial charge in [0.2, 0.25) is 0 Å². The standard InChI is InChI=1S/C22H24N6O/c1-27-10-8-18-20(17-7-4-14(12-23)11-19(17)29)25-26-22(21(18)27)24-15-3-2-9-28(13-15)16-5-6-16/h4,7-8,10-11,15-16,29H,2-3,5-6,9,13H2,1H3,(H,24,26)/t15-/m1/s1. The average molecular weight is 388 g/mol. The van der Waals surface area contributed by atoms with Crippen LogP contribution in [0.3, 0.4) is 0 Å². The summed E-state index contributed by atoms with van der Waals surface area (Å²) in [5.74, 6) is 0.823. The van der Waals surface area contributed by atoms with E-state index < -0.39 is 0 Å². The Hall–Kier alpha value is -3.11. The highest BCUT2D eigenvalue weighted by molar-refractivity contribution is 5.99. The Morgan fingerprint density at radius 2 is 2.07 bits per heavy atom. The number of nitriles is 1. The number of hydrogen-bond acceptors (Lipinski definition) is 6. The Bertz CT molecular complexity index is 1110. The lowest BCUT2D eigenvalue weighted by Gasteiger charge is -2.33. The molecule has 148 valence electrons. The first-order valence-electron chi connectivity index (χ1n) is 10.2. The fourth-order valence-electron chi connectivity index (χ4n) is 4.40. The van der Waals surface area contributed by atoms with E-state index in [1.807, 2.05) is 29.9 Å². The van der Waals surface area contributed by atoms with Gasteiger partial charge in [0.15, 0.2) is 5.82 Å². The first-order chi connectivity index (χ1) is 14.1. The number of benzene rings is 1. The van der Waals surface area contributed by atoms with E-state index in [0.29, 0.717) is 22.9 Å². The Labute approximate surface area is 169 Å². The van der Waals surface area contributed by atoms with E-state index in [2.05, 4.69) is 20.4 Å². The molecule has 0 amide bonds. The minimum Gasteiger partial charge on any atom is -0.507 e. The first-order valence-corrected chi connectivity index (χ1v) is 10.2. The summed E-state index contributed by atoms with van der Waals surface area (Å²) in [6.45, 7) is 2.25. The lowest BCUT2D eigenvalue weighted by atomic mass is 10.0. The zero-order chi connectivity index (χ0) is 20.0. The van der Waals surface area contributed by atoms with E-state index >= 15 is 0 Å². The Morgan fingerprint density at radius 3 is 2.83 bits per heavy atom. The molecule has 29 heavy (non-hydrogen) atoms. The van der Waals surface area contributed by atoms with Crippen molar-refractivity contribution in [2.45, 2.75) is 37.8 Å². The number of hydrogen-bond donors (Lipinski definition) is 2. The van der Waals surface area contributed by atoms with Gasteiger partial charge in [0, 0.05) is 42.8 Å². The monoisotopic (exact) mass is 388 g/mol. The summed E-state index contributed by atoms with van der Waals surface area (Å²) in [4.78, 5) is 2.60. The van der Waals surface area contributed by atoms with Gasteiger partial charge < -0.3 is 15.0 Å². The Morgan fingerprint density at radius 1 is 1.21 bits per heavy atom. The smallest absolute Gasteiger partial charge is 0.173 e. The fourth-order valence-corrected chi connectivity index (χ4v) is 4.40. The second-order valence-electron chi connectivity index (χ2n) is 8.14. The number of fused-ring (bicyclic) bond motifs is 1.